The van der Waals surface area contributed by atoms with Crippen molar-refractivity contribution in [2.24, 2.45) is 5.92 Å². The molecular formula is C11H11F3N2. The molecule has 0 aromatic carbocycles. The fourth-order valence-corrected chi connectivity index (χ4v) is 1.35. The summed E-state index contributed by atoms with van der Waals surface area (Å²) in [7, 11) is 0. The second-order valence-electron chi connectivity index (χ2n) is 3.75. The fourth-order valence-electron chi connectivity index (χ4n) is 1.35. The van der Waals surface area contributed by atoms with E-state index in [1.165, 1.54) is 6.07 Å². The highest BCUT2D eigenvalue weighted by molar-refractivity contribution is 5.45. The number of aromatic nitrogens is 1. The molecule has 1 fully saturated rings. The number of alkyl halides is 3. The zero-order valence-corrected chi connectivity index (χ0v) is 8.46. The largest absolute Gasteiger partial charge is 0.417 e. The van der Waals surface area contributed by atoms with Gasteiger partial charge in [-0.25, -0.2) is 0 Å². The van der Waals surface area contributed by atoms with Crippen LogP contribution in [-0.2, 0) is 6.18 Å². The fraction of sp³-hybridized carbons (Fsp3) is 0.364. The summed E-state index contributed by atoms with van der Waals surface area (Å²) in [6, 6.07) is 2.43. The minimum Gasteiger partial charge on any atom is -0.315 e. The molecule has 86 valence electrons. The minimum absolute atomic E-state index is 0.476. The van der Waals surface area contributed by atoms with Crippen molar-refractivity contribution in [1.82, 2.24) is 10.3 Å². The highest BCUT2D eigenvalue weighted by Gasteiger charge is 2.30. The summed E-state index contributed by atoms with van der Waals surface area (Å²) in [6.07, 6.45) is 0.267. The first kappa shape index (κ1) is 11.1. The van der Waals surface area contributed by atoms with Crippen LogP contribution in [-0.4, -0.2) is 18.1 Å². The molecule has 0 atom stereocenters. The van der Waals surface area contributed by atoms with Gasteiger partial charge in [0.2, 0.25) is 0 Å². The summed E-state index contributed by atoms with van der Waals surface area (Å²) in [4.78, 5) is 3.75. The van der Waals surface area contributed by atoms with Crippen LogP contribution >= 0.6 is 0 Å². The van der Waals surface area contributed by atoms with E-state index < -0.39 is 11.7 Å². The number of halogens is 3. The molecule has 0 saturated carbocycles. The van der Waals surface area contributed by atoms with Gasteiger partial charge in [-0.1, -0.05) is 6.08 Å². The van der Waals surface area contributed by atoms with Crippen molar-refractivity contribution in [3.63, 3.8) is 0 Å². The minimum atomic E-state index is -4.31. The van der Waals surface area contributed by atoms with Crippen LogP contribution in [0.2, 0.25) is 0 Å². The first-order valence-electron chi connectivity index (χ1n) is 4.98. The molecule has 1 aromatic heterocycles. The van der Waals surface area contributed by atoms with Crippen LogP contribution in [0.4, 0.5) is 13.2 Å². The molecule has 0 aliphatic carbocycles. The van der Waals surface area contributed by atoms with Crippen LogP contribution in [0.1, 0.15) is 11.3 Å². The van der Waals surface area contributed by atoms with Gasteiger partial charge in [-0.15, -0.1) is 0 Å². The Balaban J connectivity index is 2.04. The Hall–Kier alpha value is -1.36. The molecule has 2 heterocycles. The number of nitrogens with zero attached hydrogens (tertiary/aromatic N) is 1. The van der Waals surface area contributed by atoms with E-state index in [4.69, 9.17) is 0 Å². The highest BCUT2D eigenvalue weighted by Crippen LogP contribution is 2.28. The Bertz CT molecular complexity index is 377. The van der Waals surface area contributed by atoms with Gasteiger partial charge < -0.3 is 5.32 Å². The van der Waals surface area contributed by atoms with Crippen molar-refractivity contribution in [3.05, 3.63) is 35.7 Å². The van der Waals surface area contributed by atoms with Crippen molar-refractivity contribution in [1.29, 1.82) is 0 Å². The Morgan fingerprint density at radius 2 is 2.06 bits per heavy atom. The molecule has 2 rings (SSSR count). The highest BCUT2D eigenvalue weighted by atomic mass is 19.4. The Labute approximate surface area is 91.2 Å². The summed E-state index contributed by atoms with van der Waals surface area (Å²) >= 11 is 0. The monoisotopic (exact) mass is 228 g/mol. The number of hydrogen-bond donors (Lipinski definition) is 1. The summed E-state index contributed by atoms with van der Waals surface area (Å²) in [6.45, 7) is 1.86. The lowest BCUT2D eigenvalue weighted by molar-refractivity contribution is -0.137. The van der Waals surface area contributed by atoms with Crippen molar-refractivity contribution in [3.8, 4) is 0 Å². The van der Waals surface area contributed by atoms with Crippen LogP contribution in [0, 0.1) is 5.92 Å². The number of nitrogens with one attached hydrogen (secondary N) is 1. The van der Waals surface area contributed by atoms with Gasteiger partial charge >= 0.3 is 6.18 Å². The van der Waals surface area contributed by atoms with E-state index in [0.29, 0.717) is 11.6 Å². The third-order valence-electron chi connectivity index (χ3n) is 2.47. The van der Waals surface area contributed by atoms with Gasteiger partial charge in [-0.2, -0.15) is 13.2 Å². The maximum atomic E-state index is 12.2. The zero-order chi connectivity index (χ0) is 11.6. The molecule has 5 heteroatoms. The summed E-state index contributed by atoms with van der Waals surface area (Å²) < 4.78 is 36.7. The molecule has 1 aromatic rings. The molecular weight excluding hydrogens is 217 g/mol. The molecule has 1 saturated heterocycles. The lowest BCUT2D eigenvalue weighted by Crippen LogP contribution is -2.40. The van der Waals surface area contributed by atoms with E-state index in [0.717, 1.165) is 25.4 Å². The van der Waals surface area contributed by atoms with Crippen LogP contribution in [0.15, 0.2) is 24.4 Å². The normalized spacial score (nSPS) is 17.7. The lowest BCUT2D eigenvalue weighted by Gasteiger charge is -2.23. The molecule has 0 radical (unpaired) electrons. The van der Waals surface area contributed by atoms with E-state index in [9.17, 15) is 13.2 Å². The SMILES string of the molecule is FC(F)(F)c1ccc(C=CC2CNC2)nc1. The van der Waals surface area contributed by atoms with Crippen molar-refractivity contribution < 1.29 is 13.2 Å². The zero-order valence-electron chi connectivity index (χ0n) is 8.46. The second kappa shape index (κ2) is 4.25. The van der Waals surface area contributed by atoms with Crippen molar-refractivity contribution >= 4 is 6.08 Å². The van der Waals surface area contributed by atoms with Gasteiger partial charge in [0.1, 0.15) is 0 Å². The van der Waals surface area contributed by atoms with Gasteiger partial charge in [0.25, 0.3) is 0 Å². The topological polar surface area (TPSA) is 24.9 Å². The Morgan fingerprint density at radius 1 is 1.31 bits per heavy atom. The quantitative estimate of drug-likeness (QED) is 0.840. The molecule has 0 amide bonds. The molecule has 1 aliphatic heterocycles. The van der Waals surface area contributed by atoms with Crippen molar-refractivity contribution in [2.75, 3.05) is 13.1 Å². The molecule has 16 heavy (non-hydrogen) atoms. The number of hydrogen-bond acceptors (Lipinski definition) is 2. The predicted molar refractivity (Wildman–Crippen MR) is 54.6 cm³/mol. The van der Waals surface area contributed by atoms with E-state index in [1.54, 1.807) is 6.08 Å². The predicted octanol–water partition coefficient (Wildman–Crippen LogP) is 2.33. The first-order chi connectivity index (χ1) is 7.55. The van der Waals surface area contributed by atoms with Crippen molar-refractivity contribution in [2.45, 2.75) is 6.18 Å². The third-order valence-corrected chi connectivity index (χ3v) is 2.47. The molecule has 1 aliphatic rings. The van der Waals surface area contributed by atoms with Gasteiger partial charge in [-0.05, 0) is 18.2 Å². The lowest BCUT2D eigenvalue weighted by atomic mass is 10.0. The second-order valence-corrected chi connectivity index (χ2v) is 3.75. The smallest absolute Gasteiger partial charge is 0.315 e. The average Bonchev–Trinajstić information content (AvgIpc) is 2.15. The number of rotatable bonds is 2. The molecule has 0 bridgehead atoms. The standard InChI is InChI=1S/C11H11F3N2/c12-11(13,14)9-2-4-10(16-7-9)3-1-8-5-15-6-8/h1-4,7-8,15H,5-6H2. The number of pyridine rings is 1. The molecule has 2 nitrogen and oxygen atoms in total. The maximum absolute atomic E-state index is 12.2. The Morgan fingerprint density at radius 3 is 2.50 bits per heavy atom. The summed E-state index contributed by atoms with van der Waals surface area (Å²) in [5.74, 6) is 0.476. The third kappa shape index (κ3) is 2.61. The Kier molecular flexibility index (Phi) is 2.96. The van der Waals surface area contributed by atoms with Crippen LogP contribution in [0.5, 0.6) is 0 Å². The van der Waals surface area contributed by atoms with E-state index in [2.05, 4.69) is 10.3 Å². The van der Waals surface area contributed by atoms with Gasteiger partial charge in [-0.3, -0.25) is 4.98 Å². The summed E-state index contributed by atoms with van der Waals surface area (Å²) in [5, 5.41) is 3.11. The molecule has 0 spiro atoms. The maximum Gasteiger partial charge on any atom is 0.417 e. The van der Waals surface area contributed by atoms with Gasteiger partial charge in [0, 0.05) is 25.2 Å². The van der Waals surface area contributed by atoms with Gasteiger partial charge in [0.05, 0.1) is 11.3 Å². The summed E-state index contributed by atoms with van der Waals surface area (Å²) in [5.41, 5.74) is -0.158. The average molecular weight is 228 g/mol. The first-order valence-corrected chi connectivity index (χ1v) is 4.98. The van der Waals surface area contributed by atoms with E-state index >= 15 is 0 Å². The molecule has 1 N–H and O–H groups in total. The van der Waals surface area contributed by atoms with Gasteiger partial charge in [0.15, 0.2) is 0 Å². The van der Waals surface area contributed by atoms with E-state index in [-0.39, 0.29) is 0 Å². The van der Waals surface area contributed by atoms with Crippen LogP contribution < -0.4 is 5.32 Å². The molecule has 0 unspecified atom stereocenters. The van der Waals surface area contributed by atoms with E-state index in [1.807, 2.05) is 6.08 Å². The van der Waals surface area contributed by atoms with Crippen LogP contribution in [0.25, 0.3) is 6.08 Å². The van der Waals surface area contributed by atoms with Crippen LogP contribution in [0.3, 0.4) is 0 Å².